The molecule has 2 aromatic carbocycles. The van der Waals surface area contributed by atoms with Gasteiger partial charge in [0.2, 0.25) is 0 Å². The average Bonchev–Trinajstić information content (AvgIpc) is 2.57. The van der Waals surface area contributed by atoms with Crippen LogP contribution in [0.3, 0.4) is 0 Å². The molecule has 0 aliphatic rings. The van der Waals surface area contributed by atoms with Gasteiger partial charge < -0.3 is 10.5 Å². The summed E-state index contributed by atoms with van der Waals surface area (Å²) in [5.74, 6) is -0.121. The minimum absolute atomic E-state index is 0.243. The zero-order valence-electron chi connectivity index (χ0n) is 14.4. The third-order valence-electron chi connectivity index (χ3n) is 3.48. The number of hydrogen-bond donors (Lipinski definition) is 1. The molecule has 24 heavy (non-hydrogen) atoms. The van der Waals surface area contributed by atoms with E-state index in [9.17, 15) is 13.2 Å². The van der Waals surface area contributed by atoms with Crippen molar-refractivity contribution in [2.24, 2.45) is 0 Å². The second kappa shape index (κ2) is 8.49. The molecule has 0 unspecified atom stereocenters. The van der Waals surface area contributed by atoms with Gasteiger partial charge in [-0.15, -0.1) is 0 Å². The van der Waals surface area contributed by atoms with Crippen LogP contribution in [0.1, 0.15) is 22.8 Å². The summed E-state index contributed by atoms with van der Waals surface area (Å²) in [5, 5.41) is 0. The van der Waals surface area contributed by atoms with Crippen molar-refractivity contribution in [3.05, 3.63) is 53.6 Å². The van der Waals surface area contributed by atoms with Crippen molar-refractivity contribution < 1.29 is 17.9 Å². The number of carbonyl (C=O) groups excluding carboxylic acids is 1. The first-order chi connectivity index (χ1) is 11.2. The van der Waals surface area contributed by atoms with Crippen molar-refractivity contribution in [2.75, 3.05) is 24.9 Å². The van der Waals surface area contributed by atoms with E-state index in [1.165, 1.54) is 13.4 Å². The number of anilines is 1. The molecule has 0 saturated carbocycles. The molecule has 0 spiro atoms. The van der Waals surface area contributed by atoms with Crippen LogP contribution in [0.25, 0.3) is 11.1 Å². The van der Waals surface area contributed by atoms with Gasteiger partial charge in [-0.25, -0.2) is 13.2 Å². The molecule has 0 amide bonds. The Morgan fingerprint density at radius 3 is 2.12 bits per heavy atom. The first kappa shape index (κ1) is 19.7. The molecular weight excluding hydrogens is 326 g/mol. The quantitative estimate of drug-likeness (QED) is 0.680. The Kier molecular flexibility index (Phi) is 6.97. The summed E-state index contributed by atoms with van der Waals surface area (Å²) < 4.78 is 24.8. The van der Waals surface area contributed by atoms with Gasteiger partial charge in [-0.05, 0) is 35.7 Å². The zero-order valence-corrected chi connectivity index (χ0v) is 15.2. The summed E-state index contributed by atoms with van der Waals surface area (Å²) in [5.41, 5.74) is 9.74. The average molecular weight is 349 g/mol. The van der Waals surface area contributed by atoms with Crippen molar-refractivity contribution >= 4 is 21.5 Å². The number of nitrogens with two attached hydrogens (primary N) is 1. The minimum Gasteiger partial charge on any atom is -0.465 e. The van der Waals surface area contributed by atoms with Gasteiger partial charge in [-0.3, -0.25) is 0 Å². The molecule has 0 fully saturated rings. The number of esters is 1. The van der Waals surface area contributed by atoms with E-state index in [2.05, 4.69) is 0 Å². The smallest absolute Gasteiger partial charge is 0.338 e. The van der Waals surface area contributed by atoms with Crippen LogP contribution in [0.15, 0.2) is 42.5 Å². The van der Waals surface area contributed by atoms with E-state index in [4.69, 9.17) is 10.5 Å². The lowest BCUT2D eigenvalue weighted by molar-refractivity contribution is 0.0600. The van der Waals surface area contributed by atoms with Crippen LogP contribution in [0, 0.1) is 6.92 Å². The van der Waals surface area contributed by atoms with E-state index in [0.717, 1.165) is 16.7 Å². The maximum Gasteiger partial charge on any atom is 0.338 e. The Labute approximate surface area is 143 Å². The molecule has 2 N–H and O–H groups in total. The number of carbonyl (C=O) groups is 1. The first-order valence-corrected chi connectivity index (χ1v) is 9.47. The largest absolute Gasteiger partial charge is 0.465 e. The second-order valence-electron chi connectivity index (χ2n) is 5.31. The lowest BCUT2D eigenvalue weighted by atomic mass is 9.98. The van der Waals surface area contributed by atoms with E-state index < -0.39 is 9.84 Å². The predicted molar refractivity (Wildman–Crippen MR) is 97.8 cm³/mol. The highest BCUT2D eigenvalue weighted by Crippen LogP contribution is 2.27. The van der Waals surface area contributed by atoms with Crippen LogP contribution in [0.5, 0.6) is 0 Å². The third kappa shape index (κ3) is 5.70. The van der Waals surface area contributed by atoms with E-state index in [1.54, 1.807) is 6.92 Å². The summed E-state index contributed by atoms with van der Waals surface area (Å²) in [4.78, 5) is 11.7. The van der Waals surface area contributed by atoms with Crippen molar-refractivity contribution in [1.82, 2.24) is 0 Å². The van der Waals surface area contributed by atoms with Crippen molar-refractivity contribution in [3.63, 3.8) is 0 Å². The zero-order chi connectivity index (χ0) is 18.3. The summed E-state index contributed by atoms with van der Waals surface area (Å²) in [6.07, 6.45) is 1.22. The fourth-order valence-electron chi connectivity index (χ4n) is 1.86. The van der Waals surface area contributed by atoms with Crippen LogP contribution in [0.2, 0.25) is 0 Å². The molecule has 130 valence electrons. The number of sulfone groups is 1. The van der Waals surface area contributed by atoms with Crippen LogP contribution in [0.4, 0.5) is 5.69 Å². The van der Waals surface area contributed by atoms with Crippen LogP contribution in [-0.4, -0.2) is 33.5 Å². The van der Waals surface area contributed by atoms with Crippen LogP contribution in [-0.2, 0) is 14.6 Å². The first-order valence-electron chi connectivity index (χ1n) is 7.41. The van der Waals surface area contributed by atoms with Gasteiger partial charge in [0.1, 0.15) is 9.84 Å². The molecule has 0 radical (unpaired) electrons. The number of ether oxygens (including phenoxy) is 1. The van der Waals surface area contributed by atoms with E-state index in [1.807, 2.05) is 49.4 Å². The second-order valence-corrected chi connectivity index (χ2v) is 7.74. The minimum atomic E-state index is -2.66. The van der Waals surface area contributed by atoms with Gasteiger partial charge >= 0.3 is 5.97 Å². The fraction of sp³-hybridized carbons (Fsp3) is 0.278. The van der Waals surface area contributed by atoms with Gasteiger partial charge in [0, 0.05) is 17.7 Å². The summed E-state index contributed by atoms with van der Waals surface area (Å²) in [7, 11) is -1.29. The highest BCUT2D eigenvalue weighted by molar-refractivity contribution is 7.90. The monoisotopic (exact) mass is 349 g/mol. The van der Waals surface area contributed by atoms with Gasteiger partial charge in [-0.1, -0.05) is 37.3 Å². The van der Waals surface area contributed by atoms with Gasteiger partial charge in [0.05, 0.1) is 12.7 Å². The van der Waals surface area contributed by atoms with Crippen molar-refractivity contribution in [3.8, 4) is 11.1 Å². The molecule has 0 aliphatic carbocycles. The van der Waals surface area contributed by atoms with E-state index in [-0.39, 0.29) is 11.7 Å². The summed E-state index contributed by atoms with van der Waals surface area (Å²) in [6, 6.07) is 13.5. The Morgan fingerprint density at radius 1 is 1.12 bits per heavy atom. The Bertz CT molecular complexity index is 799. The number of benzene rings is 2. The molecule has 5 nitrogen and oxygen atoms in total. The van der Waals surface area contributed by atoms with Gasteiger partial charge in [-0.2, -0.15) is 0 Å². The van der Waals surface area contributed by atoms with Crippen molar-refractivity contribution in [1.29, 1.82) is 0 Å². The fourth-order valence-corrected chi connectivity index (χ4v) is 1.86. The predicted octanol–water partition coefficient (Wildman–Crippen LogP) is 3.08. The lowest BCUT2D eigenvalue weighted by Crippen LogP contribution is -2.06. The molecule has 0 bridgehead atoms. The normalized spacial score (nSPS) is 10.5. The molecule has 0 atom stereocenters. The van der Waals surface area contributed by atoms with E-state index in [0.29, 0.717) is 11.3 Å². The van der Waals surface area contributed by atoms with Gasteiger partial charge in [0.15, 0.2) is 0 Å². The molecule has 0 aromatic heterocycles. The molecule has 2 rings (SSSR count). The van der Waals surface area contributed by atoms with Gasteiger partial charge in [0.25, 0.3) is 0 Å². The topological polar surface area (TPSA) is 86.5 Å². The number of hydrogen-bond acceptors (Lipinski definition) is 5. The number of methoxy groups -OCH3 is 1. The number of nitrogen functional groups attached to an aromatic ring is 1. The molecule has 0 aliphatic heterocycles. The third-order valence-corrected chi connectivity index (χ3v) is 4.53. The summed E-state index contributed by atoms with van der Waals surface area (Å²) in [6.45, 7) is 3.44. The molecule has 6 heteroatoms. The highest BCUT2D eigenvalue weighted by atomic mass is 32.2. The summed E-state index contributed by atoms with van der Waals surface area (Å²) >= 11 is 0. The lowest BCUT2D eigenvalue weighted by Gasteiger charge is -2.10. The Hall–Kier alpha value is -2.34. The molecule has 0 saturated heterocycles. The maximum absolute atomic E-state index is 11.7. The van der Waals surface area contributed by atoms with Crippen LogP contribution < -0.4 is 5.73 Å². The Morgan fingerprint density at radius 2 is 1.67 bits per heavy atom. The maximum atomic E-state index is 11.7. The highest BCUT2D eigenvalue weighted by Gasteiger charge is 2.13. The van der Waals surface area contributed by atoms with E-state index >= 15 is 0 Å². The SMILES string of the molecule is CCS(C)(=O)=O.COC(=O)c1cc(-c2ccccc2)cc(N)c1C. The molecule has 2 aromatic rings. The Balaban J connectivity index is 0.000000413. The molecular formula is C18H23NO4S. The van der Waals surface area contributed by atoms with Crippen LogP contribution >= 0.6 is 0 Å². The van der Waals surface area contributed by atoms with Crippen molar-refractivity contribution in [2.45, 2.75) is 13.8 Å². The standard InChI is InChI=1S/C15H15NO2.C3H8O2S/c1-10-13(15(17)18-2)8-12(9-14(10)16)11-6-4-3-5-7-11;1-3-6(2,4)5/h3-9H,16H2,1-2H3;3H2,1-2H3. The molecule has 0 heterocycles. The number of rotatable bonds is 3.